The summed E-state index contributed by atoms with van der Waals surface area (Å²) in [7, 11) is 0. The van der Waals surface area contributed by atoms with Crippen LogP contribution in [0.2, 0.25) is 5.02 Å². The van der Waals surface area contributed by atoms with E-state index < -0.39 is 0 Å². The summed E-state index contributed by atoms with van der Waals surface area (Å²) in [6, 6.07) is 11.0. The van der Waals surface area contributed by atoms with Crippen molar-refractivity contribution in [2.75, 3.05) is 5.32 Å². The van der Waals surface area contributed by atoms with E-state index in [1.165, 1.54) is 17.4 Å². The van der Waals surface area contributed by atoms with E-state index in [0.717, 1.165) is 11.3 Å². The fourth-order valence-electron chi connectivity index (χ4n) is 1.80. The van der Waals surface area contributed by atoms with Crippen molar-refractivity contribution in [1.82, 2.24) is 4.98 Å². The number of rotatable bonds is 4. The largest absolute Gasteiger partial charge is 0.457 e. The van der Waals surface area contributed by atoms with Crippen LogP contribution in [-0.2, 0) is 4.79 Å². The van der Waals surface area contributed by atoms with Gasteiger partial charge in [-0.15, -0.1) is 11.3 Å². The van der Waals surface area contributed by atoms with Gasteiger partial charge in [0.05, 0.1) is 0 Å². The standard InChI is InChI=1S/C16H11ClN2O2S/c17-12-3-1-11(2-4-12)14-7-5-13(21-14)6-8-15(20)19-16-18-9-10-22-16/h1-10H,(H,18,19,20). The van der Waals surface area contributed by atoms with Gasteiger partial charge in [0.15, 0.2) is 5.13 Å². The Kier molecular flexibility index (Phi) is 4.37. The van der Waals surface area contributed by atoms with Gasteiger partial charge in [-0.1, -0.05) is 11.6 Å². The molecule has 3 rings (SSSR count). The molecule has 6 heteroatoms. The SMILES string of the molecule is O=C(C=Cc1ccc(-c2ccc(Cl)cc2)o1)Nc1nccs1. The number of anilines is 1. The van der Waals surface area contributed by atoms with E-state index in [2.05, 4.69) is 10.3 Å². The highest BCUT2D eigenvalue weighted by Gasteiger charge is 2.04. The predicted molar refractivity (Wildman–Crippen MR) is 88.9 cm³/mol. The van der Waals surface area contributed by atoms with E-state index in [1.807, 2.05) is 18.2 Å². The van der Waals surface area contributed by atoms with Gasteiger partial charge in [-0.25, -0.2) is 4.98 Å². The van der Waals surface area contributed by atoms with Gasteiger partial charge in [0.2, 0.25) is 5.91 Å². The average Bonchev–Trinajstić information content (AvgIpc) is 3.17. The molecule has 4 nitrogen and oxygen atoms in total. The predicted octanol–water partition coefficient (Wildman–Crippen LogP) is 4.71. The minimum absolute atomic E-state index is 0.251. The second-order valence-corrected chi connectivity index (χ2v) is 5.70. The van der Waals surface area contributed by atoms with Gasteiger partial charge in [-0.2, -0.15) is 0 Å². The van der Waals surface area contributed by atoms with E-state index in [-0.39, 0.29) is 5.91 Å². The van der Waals surface area contributed by atoms with Crippen molar-refractivity contribution in [3.63, 3.8) is 0 Å². The van der Waals surface area contributed by atoms with Gasteiger partial charge in [0.25, 0.3) is 0 Å². The van der Waals surface area contributed by atoms with Crippen molar-refractivity contribution in [3.05, 3.63) is 64.8 Å². The minimum atomic E-state index is -0.251. The Morgan fingerprint density at radius 3 is 2.77 bits per heavy atom. The molecule has 22 heavy (non-hydrogen) atoms. The third kappa shape index (κ3) is 3.63. The van der Waals surface area contributed by atoms with Crippen LogP contribution in [0.5, 0.6) is 0 Å². The summed E-state index contributed by atoms with van der Waals surface area (Å²) in [4.78, 5) is 15.7. The number of hydrogen-bond acceptors (Lipinski definition) is 4. The van der Waals surface area contributed by atoms with Gasteiger partial charge >= 0.3 is 0 Å². The fraction of sp³-hybridized carbons (Fsp3) is 0. The normalized spacial score (nSPS) is 11.0. The van der Waals surface area contributed by atoms with Crippen molar-refractivity contribution in [3.8, 4) is 11.3 Å². The molecule has 1 N–H and O–H groups in total. The molecule has 0 saturated carbocycles. The summed E-state index contributed by atoms with van der Waals surface area (Å²) in [5, 5.41) is 5.70. The molecule has 1 aromatic carbocycles. The minimum Gasteiger partial charge on any atom is -0.457 e. The lowest BCUT2D eigenvalue weighted by Gasteiger charge is -1.96. The lowest BCUT2D eigenvalue weighted by molar-refractivity contribution is -0.111. The number of furan rings is 1. The number of hydrogen-bond donors (Lipinski definition) is 1. The summed E-state index contributed by atoms with van der Waals surface area (Å²) >= 11 is 7.22. The van der Waals surface area contributed by atoms with Gasteiger partial charge in [-0.05, 0) is 42.5 Å². The van der Waals surface area contributed by atoms with Gasteiger partial charge < -0.3 is 4.42 Å². The third-order valence-electron chi connectivity index (χ3n) is 2.82. The number of amides is 1. The molecular weight excluding hydrogens is 320 g/mol. The number of nitrogens with zero attached hydrogens (tertiary/aromatic N) is 1. The molecule has 0 atom stereocenters. The maximum absolute atomic E-state index is 11.7. The number of carbonyl (C=O) groups excluding carboxylic acids is 1. The van der Waals surface area contributed by atoms with Gasteiger partial charge in [0.1, 0.15) is 11.5 Å². The van der Waals surface area contributed by atoms with Crippen molar-refractivity contribution >= 4 is 40.1 Å². The molecule has 0 bridgehead atoms. The van der Waals surface area contributed by atoms with Crippen LogP contribution in [0.1, 0.15) is 5.76 Å². The molecular formula is C16H11ClN2O2S. The van der Waals surface area contributed by atoms with E-state index >= 15 is 0 Å². The Balaban J connectivity index is 1.67. The molecule has 2 aromatic heterocycles. The van der Waals surface area contributed by atoms with Crippen LogP contribution in [0.25, 0.3) is 17.4 Å². The lowest BCUT2D eigenvalue weighted by atomic mass is 10.2. The highest BCUT2D eigenvalue weighted by molar-refractivity contribution is 7.13. The zero-order chi connectivity index (χ0) is 15.4. The second-order valence-electron chi connectivity index (χ2n) is 4.37. The quantitative estimate of drug-likeness (QED) is 0.705. The fourth-order valence-corrected chi connectivity index (χ4v) is 2.46. The third-order valence-corrected chi connectivity index (χ3v) is 3.76. The molecule has 3 aromatic rings. The van der Waals surface area contributed by atoms with Crippen LogP contribution in [0.3, 0.4) is 0 Å². The van der Waals surface area contributed by atoms with E-state index in [0.29, 0.717) is 15.9 Å². The van der Waals surface area contributed by atoms with Crippen molar-refractivity contribution in [2.45, 2.75) is 0 Å². The van der Waals surface area contributed by atoms with Crippen molar-refractivity contribution in [2.24, 2.45) is 0 Å². The Morgan fingerprint density at radius 2 is 2.05 bits per heavy atom. The Morgan fingerprint density at radius 1 is 1.23 bits per heavy atom. The average molecular weight is 331 g/mol. The van der Waals surface area contributed by atoms with E-state index in [1.54, 1.807) is 35.9 Å². The zero-order valence-corrected chi connectivity index (χ0v) is 12.9. The Bertz CT molecular complexity index is 792. The number of thiazole rings is 1. The molecule has 0 aliphatic heterocycles. The molecule has 2 heterocycles. The van der Waals surface area contributed by atoms with Crippen LogP contribution >= 0.6 is 22.9 Å². The molecule has 0 radical (unpaired) electrons. The van der Waals surface area contributed by atoms with Crippen molar-refractivity contribution in [1.29, 1.82) is 0 Å². The summed E-state index contributed by atoms with van der Waals surface area (Å²) in [5.74, 6) is 1.07. The first-order valence-corrected chi connectivity index (χ1v) is 7.71. The van der Waals surface area contributed by atoms with Crippen LogP contribution < -0.4 is 5.32 Å². The molecule has 1 amide bonds. The van der Waals surface area contributed by atoms with Crippen LogP contribution in [0.4, 0.5) is 5.13 Å². The maximum Gasteiger partial charge on any atom is 0.250 e. The Labute approximate surface area is 136 Å². The summed E-state index contributed by atoms with van der Waals surface area (Å²) < 4.78 is 5.67. The molecule has 0 spiro atoms. The summed E-state index contributed by atoms with van der Waals surface area (Å²) in [6.45, 7) is 0. The number of aromatic nitrogens is 1. The smallest absolute Gasteiger partial charge is 0.250 e. The number of halogens is 1. The second kappa shape index (κ2) is 6.60. The number of nitrogens with one attached hydrogen (secondary N) is 1. The molecule has 0 aliphatic rings. The first kappa shape index (κ1) is 14.6. The van der Waals surface area contributed by atoms with Crippen LogP contribution in [-0.4, -0.2) is 10.9 Å². The van der Waals surface area contributed by atoms with Crippen LogP contribution in [0.15, 0.2) is 58.5 Å². The number of carbonyl (C=O) groups is 1. The van der Waals surface area contributed by atoms with E-state index in [9.17, 15) is 4.79 Å². The van der Waals surface area contributed by atoms with E-state index in [4.69, 9.17) is 16.0 Å². The first-order chi connectivity index (χ1) is 10.7. The van der Waals surface area contributed by atoms with Crippen molar-refractivity contribution < 1.29 is 9.21 Å². The first-order valence-electron chi connectivity index (χ1n) is 6.45. The summed E-state index contributed by atoms with van der Waals surface area (Å²) in [6.07, 6.45) is 4.66. The molecule has 0 saturated heterocycles. The highest BCUT2D eigenvalue weighted by atomic mass is 35.5. The highest BCUT2D eigenvalue weighted by Crippen LogP contribution is 2.24. The molecule has 0 aliphatic carbocycles. The topological polar surface area (TPSA) is 55.1 Å². The molecule has 0 fully saturated rings. The summed E-state index contributed by atoms with van der Waals surface area (Å²) in [5.41, 5.74) is 0.927. The maximum atomic E-state index is 11.7. The zero-order valence-electron chi connectivity index (χ0n) is 11.3. The van der Waals surface area contributed by atoms with Gasteiger partial charge in [-0.3, -0.25) is 10.1 Å². The lowest BCUT2D eigenvalue weighted by Crippen LogP contribution is -2.06. The Hall–Kier alpha value is -2.37. The molecule has 0 unspecified atom stereocenters. The molecule has 110 valence electrons. The van der Waals surface area contributed by atoms with Crippen LogP contribution in [0, 0.1) is 0 Å². The number of benzene rings is 1. The van der Waals surface area contributed by atoms with Gasteiger partial charge in [0, 0.05) is 28.2 Å². The monoisotopic (exact) mass is 330 g/mol.